The van der Waals surface area contributed by atoms with Crippen LogP contribution in [0.1, 0.15) is 12.0 Å². The van der Waals surface area contributed by atoms with Crippen LogP contribution in [-0.4, -0.2) is 62.0 Å². The molecule has 0 saturated carbocycles. The Morgan fingerprint density at radius 1 is 1.14 bits per heavy atom. The van der Waals surface area contributed by atoms with Crippen LogP contribution in [0.5, 0.6) is 5.75 Å². The molecule has 200 valence electrons. The topological polar surface area (TPSA) is 201 Å². The second-order valence-corrected chi connectivity index (χ2v) is 9.18. The molecule has 0 bridgehead atoms. The molecular formula is C19H23F3N4O8S2. The van der Waals surface area contributed by atoms with Crippen molar-refractivity contribution < 1.29 is 51.0 Å². The van der Waals surface area contributed by atoms with Gasteiger partial charge in [0.25, 0.3) is 0 Å². The molecule has 1 atom stereocenters. The summed E-state index contributed by atoms with van der Waals surface area (Å²) in [5.74, 6) is -3.71. The van der Waals surface area contributed by atoms with Gasteiger partial charge in [-0.1, -0.05) is 12.1 Å². The molecule has 17 heteroatoms. The van der Waals surface area contributed by atoms with Gasteiger partial charge < -0.3 is 20.7 Å². The van der Waals surface area contributed by atoms with Crippen molar-refractivity contribution in [2.45, 2.75) is 30.0 Å². The van der Waals surface area contributed by atoms with Gasteiger partial charge in [0.05, 0.1) is 18.1 Å². The highest BCUT2D eigenvalue weighted by molar-refractivity contribution is 7.89. The third kappa shape index (κ3) is 11.8. The smallest absolute Gasteiger partial charge is 0.490 e. The number of nitrogens with two attached hydrogens (primary N) is 1. The van der Waals surface area contributed by atoms with Gasteiger partial charge in [-0.15, -0.1) is 0 Å². The summed E-state index contributed by atoms with van der Waals surface area (Å²) in [4.78, 5) is 25.3. The number of thiophene rings is 1. The van der Waals surface area contributed by atoms with Gasteiger partial charge in [-0.25, -0.2) is 18.7 Å². The molecule has 2 rings (SSSR count). The molecule has 0 spiro atoms. The van der Waals surface area contributed by atoms with E-state index in [9.17, 15) is 31.5 Å². The number of carboxylic acid groups (broad SMARTS) is 2. The van der Waals surface area contributed by atoms with Gasteiger partial charge >= 0.3 is 18.1 Å². The summed E-state index contributed by atoms with van der Waals surface area (Å²) < 4.78 is 64.0. The highest BCUT2D eigenvalue weighted by atomic mass is 32.2. The van der Waals surface area contributed by atoms with Crippen molar-refractivity contribution in [2.24, 2.45) is 5.73 Å². The van der Waals surface area contributed by atoms with Crippen molar-refractivity contribution in [1.82, 2.24) is 10.2 Å². The lowest BCUT2D eigenvalue weighted by Crippen LogP contribution is -2.42. The molecule has 0 fully saturated rings. The maximum absolute atomic E-state index is 12.3. The van der Waals surface area contributed by atoms with E-state index < -0.39 is 34.2 Å². The number of aliphatic carboxylic acids is 2. The molecule has 2 aromatic rings. The SMILES string of the molecule is N=C(N)NOCCCOc1ccc(C[C@H](NS(=O)(=O)c2ccsc2)C(=O)O)cc1.O=C(O)C(F)(F)F. The molecule has 0 unspecified atom stereocenters. The van der Waals surface area contributed by atoms with E-state index in [1.807, 2.05) is 0 Å². The van der Waals surface area contributed by atoms with Gasteiger partial charge in [0.2, 0.25) is 16.0 Å². The van der Waals surface area contributed by atoms with Gasteiger partial charge in [0.1, 0.15) is 11.8 Å². The number of sulfonamides is 1. The van der Waals surface area contributed by atoms with E-state index in [1.165, 1.54) is 22.8 Å². The lowest BCUT2D eigenvalue weighted by Gasteiger charge is -2.15. The number of nitrogens with one attached hydrogen (secondary N) is 3. The fraction of sp³-hybridized carbons (Fsp3) is 0.316. The Labute approximate surface area is 207 Å². The number of guanidine groups is 1. The Morgan fingerprint density at radius 3 is 2.22 bits per heavy atom. The van der Waals surface area contributed by atoms with Crippen LogP contribution < -0.4 is 20.7 Å². The van der Waals surface area contributed by atoms with Gasteiger partial charge in [-0.05, 0) is 35.6 Å². The number of halogens is 3. The summed E-state index contributed by atoms with van der Waals surface area (Å²) in [5, 5.41) is 26.5. The molecule has 7 N–H and O–H groups in total. The summed E-state index contributed by atoms with van der Waals surface area (Å²) >= 11 is 1.21. The van der Waals surface area contributed by atoms with E-state index in [1.54, 1.807) is 29.6 Å². The molecule has 12 nitrogen and oxygen atoms in total. The van der Waals surface area contributed by atoms with E-state index in [0.29, 0.717) is 30.9 Å². The maximum Gasteiger partial charge on any atom is 0.490 e. The van der Waals surface area contributed by atoms with E-state index >= 15 is 0 Å². The van der Waals surface area contributed by atoms with Crippen LogP contribution in [0.15, 0.2) is 46.0 Å². The monoisotopic (exact) mass is 556 g/mol. The molecule has 1 aromatic heterocycles. The first-order valence-corrected chi connectivity index (χ1v) is 12.2. The van der Waals surface area contributed by atoms with E-state index in [-0.39, 0.29) is 17.3 Å². The van der Waals surface area contributed by atoms with Crippen molar-refractivity contribution >= 4 is 39.3 Å². The highest BCUT2D eigenvalue weighted by Gasteiger charge is 2.38. The summed E-state index contributed by atoms with van der Waals surface area (Å²) in [6.07, 6.45) is -4.53. The Balaban J connectivity index is 0.000000809. The van der Waals surface area contributed by atoms with Gasteiger partial charge in [-0.3, -0.25) is 15.0 Å². The van der Waals surface area contributed by atoms with E-state index in [4.69, 9.17) is 30.6 Å². The number of hydrogen-bond acceptors (Lipinski definition) is 8. The molecule has 0 radical (unpaired) electrons. The molecular weight excluding hydrogens is 533 g/mol. The first-order chi connectivity index (χ1) is 16.7. The lowest BCUT2D eigenvalue weighted by molar-refractivity contribution is -0.192. The molecule has 0 aliphatic rings. The van der Waals surface area contributed by atoms with Gasteiger partial charge in [0, 0.05) is 11.8 Å². The number of rotatable bonds is 12. The van der Waals surface area contributed by atoms with Crippen LogP contribution >= 0.6 is 11.3 Å². The van der Waals surface area contributed by atoms with Crippen molar-refractivity contribution in [2.75, 3.05) is 13.2 Å². The van der Waals surface area contributed by atoms with Crippen LogP contribution in [0.2, 0.25) is 0 Å². The molecule has 36 heavy (non-hydrogen) atoms. The van der Waals surface area contributed by atoms with Gasteiger partial charge in [0.15, 0.2) is 0 Å². The Bertz CT molecular complexity index is 1090. The highest BCUT2D eigenvalue weighted by Crippen LogP contribution is 2.17. The second-order valence-electron chi connectivity index (χ2n) is 6.69. The molecule has 1 heterocycles. The minimum atomic E-state index is -5.08. The molecule has 0 saturated heterocycles. The number of benzene rings is 1. The number of hydrogen-bond donors (Lipinski definition) is 6. The number of ether oxygens (including phenoxy) is 1. The predicted octanol–water partition coefficient (Wildman–Crippen LogP) is 1.54. The van der Waals surface area contributed by atoms with Crippen molar-refractivity contribution in [3.63, 3.8) is 0 Å². The van der Waals surface area contributed by atoms with Crippen molar-refractivity contribution in [1.29, 1.82) is 5.41 Å². The summed E-state index contributed by atoms with van der Waals surface area (Å²) in [7, 11) is -3.90. The van der Waals surface area contributed by atoms with Gasteiger partial charge in [-0.2, -0.15) is 29.2 Å². The average molecular weight is 557 g/mol. The zero-order chi connectivity index (χ0) is 27.4. The zero-order valence-corrected chi connectivity index (χ0v) is 20.0. The summed E-state index contributed by atoms with van der Waals surface area (Å²) in [6.45, 7) is 0.680. The number of carbonyl (C=O) groups is 2. The van der Waals surface area contributed by atoms with Crippen LogP contribution in [0.3, 0.4) is 0 Å². The molecule has 0 aliphatic heterocycles. The van der Waals surface area contributed by atoms with Crippen LogP contribution in [0.4, 0.5) is 13.2 Å². The minimum Gasteiger partial charge on any atom is -0.494 e. The Kier molecular flexibility index (Phi) is 12.1. The summed E-state index contributed by atoms with van der Waals surface area (Å²) in [6, 6.07) is 6.83. The fourth-order valence-electron chi connectivity index (χ4n) is 2.25. The quantitative estimate of drug-likeness (QED) is 0.0964. The molecule has 0 amide bonds. The van der Waals surface area contributed by atoms with Crippen molar-refractivity contribution in [3.8, 4) is 5.75 Å². The number of carboxylic acids is 2. The largest absolute Gasteiger partial charge is 0.494 e. The van der Waals surface area contributed by atoms with Crippen LogP contribution in [-0.2, 0) is 30.9 Å². The maximum atomic E-state index is 12.3. The first-order valence-electron chi connectivity index (χ1n) is 9.73. The Hall–Kier alpha value is -3.41. The van der Waals surface area contributed by atoms with E-state index in [2.05, 4.69) is 10.2 Å². The lowest BCUT2D eigenvalue weighted by atomic mass is 10.1. The second kappa shape index (κ2) is 14.2. The summed E-state index contributed by atoms with van der Waals surface area (Å²) in [5.41, 5.74) is 7.92. The minimum absolute atomic E-state index is 0.0104. The van der Waals surface area contributed by atoms with Crippen LogP contribution in [0.25, 0.3) is 0 Å². The molecule has 0 aliphatic carbocycles. The third-order valence-corrected chi connectivity index (χ3v) is 6.15. The predicted molar refractivity (Wildman–Crippen MR) is 121 cm³/mol. The fourth-order valence-corrected chi connectivity index (χ4v) is 4.46. The number of hydroxylamine groups is 1. The Morgan fingerprint density at radius 2 is 1.75 bits per heavy atom. The molecule has 1 aromatic carbocycles. The van der Waals surface area contributed by atoms with E-state index in [0.717, 1.165) is 0 Å². The standard InChI is InChI=1S/C17H22N4O6S2.C2HF3O2/c18-17(19)20-27-8-1-7-26-13-4-2-12(3-5-13)10-15(16(22)23)21-29(24,25)14-6-9-28-11-14;3-2(4,5)1(6)7/h2-6,9,11,15,21H,1,7-8,10H2,(H,22,23)(H4,18,19,20);(H,6,7)/t15-;/m0./s1. The van der Waals surface area contributed by atoms with Crippen LogP contribution in [0, 0.1) is 5.41 Å². The third-order valence-electron chi connectivity index (χ3n) is 3.85. The first kappa shape index (κ1) is 30.6. The normalized spacial score (nSPS) is 12.1. The zero-order valence-electron chi connectivity index (χ0n) is 18.3. The average Bonchev–Trinajstić information content (AvgIpc) is 3.32. The van der Waals surface area contributed by atoms with Crippen molar-refractivity contribution in [3.05, 3.63) is 46.7 Å². The number of alkyl halides is 3.